The number of hydrogen-bond acceptors (Lipinski definition) is 3. The fraction of sp³-hybridized carbons (Fsp3) is 0.615. The summed E-state index contributed by atoms with van der Waals surface area (Å²) in [5, 5.41) is 3.23. The Morgan fingerprint density at radius 3 is 2.53 bits per heavy atom. The van der Waals surface area contributed by atoms with E-state index < -0.39 is 0 Å². The monoisotopic (exact) mass is 407 g/mol. The van der Waals surface area contributed by atoms with Crippen molar-refractivity contribution in [3.05, 3.63) is 42.0 Å². The molecule has 0 saturated heterocycles. The summed E-state index contributed by atoms with van der Waals surface area (Å²) >= 11 is 0. The van der Waals surface area contributed by atoms with Crippen molar-refractivity contribution in [1.82, 2.24) is 5.32 Å². The molecule has 7 atom stereocenters. The molecule has 160 valence electrons. The largest absolute Gasteiger partial charge is 0.497 e. The lowest BCUT2D eigenvalue weighted by Crippen LogP contribution is -2.59. The van der Waals surface area contributed by atoms with Gasteiger partial charge < -0.3 is 10.1 Å². The van der Waals surface area contributed by atoms with E-state index in [1.165, 1.54) is 6.42 Å². The smallest absolute Gasteiger partial charge is 0.243 e. The van der Waals surface area contributed by atoms with Gasteiger partial charge in [0.25, 0.3) is 0 Å². The highest BCUT2D eigenvalue weighted by Gasteiger charge is 2.60. The van der Waals surface area contributed by atoms with Gasteiger partial charge in [0.05, 0.1) is 7.11 Å². The zero-order chi connectivity index (χ0) is 21.1. The third-order valence-corrected chi connectivity index (χ3v) is 9.38. The first-order chi connectivity index (χ1) is 14.4. The number of amides is 1. The van der Waals surface area contributed by atoms with E-state index in [1.807, 2.05) is 24.3 Å². The summed E-state index contributed by atoms with van der Waals surface area (Å²) in [5.74, 6) is 3.13. The Kier molecular flexibility index (Phi) is 4.61. The molecule has 4 heteroatoms. The molecule has 1 heterocycles. The van der Waals surface area contributed by atoms with Crippen molar-refractivity contribution in [2.45, 2.75) is 58.4 Å². The zero-order valence-electron chi connectivity index (χ0n) is 18.3. The van der Waals surface area contributed by atoms with E-state index in [4.69, 9.17) is 4.74 Å². The minimum absolute atomic E-state index is 0.0518. The summed E-state index contributed by atoms with van der Waals surface area (Å²) < 4.78 is 5.26. The van der Waals surface area contributed by atoms with Crippen LogP contribution >= 0.6 is 0 Å². The Bertz CT molecular complexity index is 890. The molecular weight excluding hydrogens is 374 g/mol. The molecule has 1 aliphatic heterocycles. The van der Waals surface area contributed by atoms with E-state index in [9.17, 15) is 9.59 Å². The molecule has 1 aromatic carbocycles. The lowest BCUT2D eigenvalue weighted by molar-refractivity contribution is -0.122. The Balaban J connectivity index is 1.40. The number of carbonyl (C=O) groups excluding carboxylic acids is 2. The van der Waals surface area contributed by atoms with Crippen molar-refractivity contribution >= 4 is 11.7 Å². The number of ether oxygens (including phenoxy) is 1. The van der Waals surface area contributed by atoms with Crippen LogP contribution < -0.4 is 10.1 Å². The minimum atomic E-state index is 0.0518. The Morgan fingerprint density at radius 2 is 1.80 bits per heavy atom. The van der Waals surface area contributed by atoms with Crippen LogP contribution in [-0.4, -0.2) is 24.8 Å². The second-order valence-corrected chi connectivity index (χ2v) is 10.5. The highest BCUT2D eigenvalue weighted by Crippen LogP contribution is 2.65. The van der Waals surface area contributed by atoms with Crippen molar-refractivity contribution < 1.29 is 14.3 Å². The van der Waals surface area contributed by atoms with Gasteiger partial charge >= 0.3 is 0 Å². The first-order valence-corrected chi connectivity index (χ1v) is 11.5. The molecule has 1 N–H and O–H groups in total. The zero-order valence-corrected chi connectivity index (χ0v) is 18.3. The second-order valence-electron chi connectivity index (χ2n) is 10.5. The maximum atomic E-state index is 13.5. The lowest BCUT2D eigenvalue weighted by atomic mass is 9.47. The molecule has 3 aliphatic carbocycles. The van der Waals surface area contributed by atoms with Crippen LogP contribution in [-0.2, 0) is 4.79 Å². The molecule has 3 saturated carbocycles. The molecule has 4 nitrogen and oxygen atoms in total. The van der Waals surface area contributed by atoms with Crippen molar-refractivity contribution in [1.29, 1.82) is 0 Å². The Labute approximate surface area is 179 Å². The lowest BCUT2D eigenvalue weighted by Gasteiger charge is -2.58. The van der Waals surface area contributed by atoms with Gasteiger partial charge in [0.2, 0.25) is 5.91 Å². The number of benzene rings is 1. The predicted molar refractivity (Wildman–Crippen MR) is 116 cm³/mol. The number of Topliss-reactive ketones (excluding diaryl/α,β-unsaturated/α-hetero) is 1. The van der Waals surface area contributed by atoms with Gasteiger partial charge in [-0.25, -0.2) is 0 Å². The summed E-state index contributed by atoms with van der Waals surface area (Å²) in [7, 11) is 1.65. The number of carbonyl (C=O) groups is 2. The topological polar surface area (TPSA) is 55.4 Å². The van der Waals surface area contributed by atoms with Crippen LogP contribution in [0, 0.1) is 34.5 Å². The molecule has 1 aromatic rings. The third kappa shape index (κ3) is 2.79. The van der Waals surface area contributed by atoms with E-state index in [1.54, 1.807) is 13.2 Å². The molecule has 0 spiro atoms. The van der Waals surface area contributed by atoms with Crippen LogP contribution in [0.1, 0.15) is 62.7 Å². The van der Waals surface area contributed by atoms with Gasteiger partial charge in [-0.05, 0) is 92.0 Å². The molecule has 4 aliphatic rings. The highest BCUT2D eigenvalue weighted by molar-refractivity contribution is 5.98. The average molecular weight is 408 g/mol. The van der Waals surface area contributed by atoms with E-state index in [0.717, 1.165) is 43.4 Å². The van der Waals surface area contributed by atoms with E-state index >= 15 is 0 Å². The standard InChI is InChI=1S/C26H33NO3/c1-25-14-12-20-18(8-11-22-26(20,2)15-13-23(28)27-22)19(25)9-10-21(25)24(29)16-4-6-17(30-3)7-5-16/h4-7,13,15,18-22H,8-12,14H2,1-3H3,(H,27,28)/t18-,19-,20-,21+,22+,25-,26+/m0/s1. The first-order valence-electron chi connectivity index (χ1n) is 11.5. The normalized spacial score (nSPS) is 42.0. The Morgan fingerprint density at radius 1 is 1.03 bits per heavy atom. The molecule has 3 fully saturated rings. The maximum Gasteiger partial charge on any atom is 0.243 e. The molecule has 1 amide bonds. The number of ketones is 1. The molecule has 30 heavy (non-hydrogen) atoms. The van der Waals surface area contributed by atoms with Gasteiger partial charge in [-0.1, -0.05) is 19.9 Å². The summed E-state index contributed by atoms with van der Waals surface area (Å²) in [6.45, 7) is 4.74. The van der Waals surface area contributed by atoms with E-state index in [2.05, 4.69) is 25.2 Å². The number of hydrogen-bond donors (Lipinski definition) is 1. The molecule has 0 bridgehead atoms. The number of rotatable bonds is 3. The predicted octanol–water partition coefficient (Wildman–Crippen LogP) is 4.79. The van der Waals surface area contributed by atoms with Gasteiger partial charge in [-0.3, -0.25) is 9.59 Å². The number of methoxy groups -OCH3 is 1. The van der Waals surface area contributed by atoms with Crippen molar-refractivity contribution in [2.75, 3.05) is 7.11 Å². The van der Waals surface area contributed by atoms with Crippen LogP contribution in [0.3, 0.4) is 0 Å². The molecule has 0 unspecified atom stereocenters. The molecule has 0 radical (unpaired) electrons. The summed E-state index contributed by atoms with van der Waals surface area (Å²) in [6.07, 6.45) is 10.6. The third-order valence-electron chi connectivity index (χ3n) is 9.38. The van der Waals surface area contributed by atoms with Crippen molar-refractivity contribution in [3.8, 4) is 5.75 Å². The molecular formula is C26H33NO3. The van der Waals surface area contributed by atoms with Gasteiger partial charge in [0.1, 0.15) is 5.75 Å². The first kappa shape index (κ1) is 19.8. The highest BCUT2D eigenvalue weighted by atomic mass is 16.5. The van der Waals surface area contributed by atoms with Gasteiger partial charge in [-0.2, -0.15) is 0 Å². The van der Waals surface area contributed by atoms with Gasteiger partial charge in [-0.15, -0.1) is 0 Å². The van der Waals surface area contributed by atoms with Crippen LogP contribution in [0.5, 0.6) is 5.75 Å². The summed E-state index contributed by atoms with van der Waals surface area (Å²) in [5.41, 5.74) is 0.956. The van der Waals surface area contributed by atoms with Crippen LogP contribution in [0.15, 0.2) is 36.4 Å². The quantitative estimate of drug-likeness (QED) is 0.733. The van der Waals surface area contributed by atoms with Crippen LogP contribution in [0.2, 0.25) is 0 Å². The van der Waals surface area contributed by atoms with E-state index in [-0.39, 0.29) is 28.7 Å². The maximum absolute atomic E-state index is 13.5. The number of nitrogens with one attached hydrogen (secondary N) is 1. The SMILES string of the molecule is COc1ccc(C(=O)[C@H]2CC[C@H]3[C@@H]4CC[C@H]5NC(=O)C=C[C@]5(C)[C@H]4CC[C@]23C)cc1. The summed E-state index contributed by atoms with van der Waals surface area (Å²) in [4.78, 5) is 25.4. The van der Waals surface area contributed by atoms with Crippen molar-refractivity contribution in [2.24, 2.45) is 34.5 Å². The fourth-order valence-electron chi connectivity index (χ4n) is 7.72. The fourth-order valence-corrected chi connectivity index (χ4v) is 7.72. The van der Waals surface area contributed by atoms with Crippen LogP contribution in [0.25, 0.3) is 0 Å². The molecule has 0 aromatic heterocycles. The van der Waals surface area contributed by atoms with Gasteiger partial charge in [0.15, 0.2) is 5.78 Å². The summed E-state index contributed by atoms with van der Waals surface area (Å²) in [6, 6.07) is 7.89. The van der Waals surface area contributed by atoms with E-state index in [0.29, 0.717) is 23.5 Å². The minimum Gasteiger partial charge on any atom is -0.497 e. The number of fused-ring (bicyclic) bond motifs is 5. The van der Waals surface area contributed by atoms with Crippen molar-refractivity contribution in [3.63, 3.8) is 0 Å². The molecule has 5 rings (SSSR count). The van der Waals surface area contributed by atoms with Gasteiger partial charge in [0, 0.05) is 22.9 Å². The second kappa shape index (κ2) is 6.96. The Hall–Kier alpha value is -2.10. The van der Waals surface area contributed by atoms with Crippen LogP contribution in [0.4, 0.5) is 0 Å². The average Bonchev–Trinajstić information content (AvgIpc) is 3.11.